The average molecular weight is 200 g/mol. The van der Waals surface area contributed by atoms with Crippen LogP contribution in [0.25, 0.3) is 0 Å². The first-order chi connectivity index (χ1) is 5.95. The van der Waals surface area contributed by atoms with Crippen molar-refractivity contribution in [3.63, 3.8) is 0 Å². The molecule has 5 heteroatoms. The molecule has 0 saturated carbocycles. The first-order valence-electron chi connectivity index (χ1n) is 3.67. The van der Waals surface area contributed by atoms with E-state index >= 15 is 0 Å². The Kier molecular flexibility index (Phi) is 2.70. The molecule has 0 fully saturated rings. The van der Waals surface area contributed by atoms with E-state index in [1.165, 1.54) is 6.07 Å². The van der Waals surface area contributed by atoms with Gasteiger partial charge in [-0.25, -0.2) is 0 Å². The molecule has 2 N–H and O–H groups in total. The third-order valence-corrected chi connectivity index (χ3v) is 2.64. The maximum absolute atomic E-state index is 10.8. The number of rotatable bonds is 2. The summed E-state index contributed by atoms with van der Waals surface area (Å²) in [5, 5.41) is 0. The Morgan fingerprint density at radius 2 is 2.08 bits per heavy atom. The van der Waals surface area contributed by atoms with Crippen molar-refractivity contribution in [2.75, 3.05) is 0 Å². The molecule has 1 rings (SSSR count). The van der Waals surface area contributed by atoms with Gasteiger partial charge in [-0.15, -0.1) is 0 Å². The van der Waals surface area contributed by atoms with E-state index in [1.807, 2.05) is 0 Å². The molecule has 4 nitrogen and oxygen atoms in total. The predicted octanol–water partition coefficient (Wildman–Crippen LogP) is 1.02. The standard InChI is InChI=1S/C8H10NO3S/c1-6-2-3-8(13(10,11)12)7(4-6)5-9/h2-4,9H,5H2,1H3,(H,10,11,12). The number of benzene rings is 1. The summed E-state index contributed by atoms with van der Waals surface area (Å²) in [6, 6.07) is 4.48. The highest BCUT2D eigenvalue weighted by Gasteiger charge is 2.13. The Balaban J connectivity index is 3.39. The number of hydrogen-bond acceptors (Lipinski definition) is 2. The molecule has 0 aliphatic carbocycles. The summed E-state index contributed by atoms with van der Waals surface area (Å²) in [6.45, 7) is 1.64. The summed E-state index contributed by atoms with van der Waals surface area (Å²) < 4.78 is 30.4. The van der Waals surface area contributed by atoms with Crippen LogP contribution in [0.1, 0.15) is 11.1 Å². The monoisotopic (exact) mass is 200 g/mol. The molecule has 0 saturated heterocycles. The van der Waals surface area contributed by atoms with Gasteiger partial charge in [0.1, 0.15) is 0 Å². The molecule has 0 aliphatic heterocycles. The lowest BCUT2D eigenvalue weighted by Crippen LogP contribution is -2.03. The lowest BCUT2D eigenvalue weighted by atomic mass is 10.1. The summed E-state index contributed by atoms with van der Waals surface area (Å²) in [4.78, 5) is -0.173. The molecule has 0 spiro atoms. The molecule has 0 aromatic heterocycles. The number of aryl methyl sites for hydroxylation is 1. The van der Waals surface area contributed by atoms with Crippen LogP contribution >= 0.6 is 0 Å². The maximum Gasteiger partial charge on any atom is 0.294 e. The predicted molar refractivity (Wildman–Crippen MR) is 47.8 cm³/mol. The minimum Gasteiger partial charge on any atom is -0.282 e. The molecule has 0 amide bonds. The molecule has 0 atom stereocenters. The summed E-state index contributed by atoms with van der Waals surface area (Å²) in [5.41, 5.74) is 8.28. The van der Waals surface area contributed by atoms with Gasteiger partial charge in [0, 0.05) is 6.54 Å². The van der Waals surface area contributed by atoms with Gasteiger partial charge in [-0.05, 0) is 18.6 Å². The Hall–Kier alpha value is -0.910. The van der Waals surface area contributed by atoms with Gasteiger partial charge in [0.15, 0.2) is 0 Å². The molecule has 1 aromatic carbocycles. The molecule has 0 bridgehead atoms. The van der Waals surface area contributed by atoms with Crippen LogP contribution in [-0.2, 0) is 16.7 Å². The van der Waals surface area contributed by atoms with Gasteiger partial charge in [0.05, 0.1) is 4.90 Å². The molecule has 71 valence electrons. The maximum atomic E-state index is 10.8. The fourth-order valence-corrected chi connectivity index (χ4v) is 1.80. The second kappa shape index (κ2) is 3.45. The molecular formula is C8H10NO3S. The molecule has 1 radical (unpaired) electrons. The smallest absolute Gasteiger partial charge is 0.282 e. The van der Waals surface area contributed by atoms with E-state index in [0.29, 0.717) is 5.56 Å². The fourth-order valence-electron chi connectivity index (χ4n) is 1.10. The first-order valence-corrected chi connectivity index (χ1v) is 5.11. The van der Waals surface area contributed by atoms with Crippen LogP contribution in [0.5, 0.6) is 0 Å². The van der Waals surface area contributed by atoms with Crippen LogP contribution in [0.15, 0.2) is 23.1 Å². The highest BCUT2D eigenvalue weighted by atomic mass is 32.2. The summed E-state index contributed by atoms with van der Waals surface area (Å²) in [7, 11) is -4.18. The first kappa shape index (κ1) is 10.2. The third kappa shape index (κ3) is 2.27. The van der Waals surface area contributed by atoms with E-state index in [9.17, 15) is 8.42 Å². The zero-order chi connectivity index (χ0) is 10.1. The van der Waals surface area contributed by atoms with Gasteiger partial charge in [-0.1, -0.05) is 17.7 Å². The quantitative estimate of drug-likeness (QED) is 0.724. The van der Waals surface area contributed by atoms with E-state index in [0.717, 1.165) is 5.56 Å². The Morgan fingerprint density at radius 1 is 1.46 bits per heavy atom. The van der Waals surface area contributed by atoms with Crippen molar-refractivity contribution in [1.82, 2.24) is 5.73 Å². The summed E-state index contributed by atoms with van der Waals surface area (Å²) in [5.74, 6) is 0. The van der Waals surface area contributed by atoms with Gasteiger partial charge in [0.2, 0.25) is 0 Å². The lowest BCUT2D eigenvalue weighted by molar-refractivity contribution is 0.482. The second-order valence-electron chi connectivity index (χ2n) is 2.76. The van der Waals surface area contributed by atoms with E-state index in [4.69, 9.17) is 10.3 Å². The van der Waals surface area contributed by atoms with Gasteiger partial charge >= 0.3 is 0 Å². The Labute approximate surface area is 77.1 Å². The molecule has 13 heavy (non-hydrogen) atoms. The third-order valence-electron chi connectivity index (χ3n) is 1.68. The van der Waals surface area contributed by atoms with Crippen molar-refractivity contribution in [2.24, 2.45) is 0 Å². The van der Waals surface area contributed by atoms with Crippen molar-refractivity contribution in [1.29, 1.82) is 0 Å². The fraction of sp³-hybridized carbons (Fsp3) is 0.250. The second-order valence-corrected chi connectivity index (χ2v) is 4.15. The van der Waals surface area contributed by atoms with Crippen LogP contribution in [0.3, 0.4) is 0 Å². The van der Waals surface area contributed by atoms with Crippen LogP contribution in [0, 0.1) is 6.92 Å². The topological polar surface area (TPSA) is 78.2 Å². The van der Waals surface area contributed by atoms with E-state index in [1.54, 1.807) is 19.1 Å². The Morgan fingerprint density at radius 3 is 2.54 bits per heavy atom. The number of nitrogens with one attached hydrogen (secondary N) is 1. The van der Waals surface area contributed by atoms with Crippen LogP contribution in [0.2, 0.25) is 0 Å². The van der Waals surface area contributed by atoms with Gasteiger partial charge in [0.25, 0.3) is 10.1 Å². The molecular weight excluding hydrogens is 190 g/mol. The van der Waals surface area contributed by atoms with Crippen molar-refractivity contribution in [3.8, 4) is 0 Å². The van der Waals surface area contributed by atoms with Gasteiger partial charge in [-0.3, -0.25) is 10.3 Å². The van der Waals surface area contributed by atoms with E-state index in [-0.39, 0.29) is 11.4 Å². The van der Waals surface area contributed by atoms with Gasteiger partial charge < -0.3 is 0 Å². The van der Waals surface area contributed by atoms with Gasteiger partial charge in [-0.2, -0.15) is 8.42 Å². The molecule has 0 heterocycles. The zero-order valence-corrected chi connectivity index (χ0v) is 7.93. The average Bonchev–Trinajstić information content (AvgIpc) is 2.01. The largest absolute Gasteiger partial charge is 0.294 e. The highest BCUT2D eigenvalue weighted by molar-refractivity contribution is 7.85. The molecule has 1 aromatic rings. The summed E-state index contributed by atoms with van der Waals surface area (Å²) in [6.07, 6.45) is 0. The Bertz CT molecular complexity index is 411. The van der Waals surface area contributed by atoms with Crippen LogP contribution < -0.4 is 5.73 Å². The normalized spacial score (nSPS) is 11.6. The van der Waals surface area contributed by atoms with Crippen molar-refractivity contribution < 1.29 is 13.0 Å². The minimum absolute atomic E-state index is 0.156. The molecule has 0 aliphatic rings. The lowest BCUT2D eigenvalue weighted by Gasteiger charge is -2.04. The van der Waals surface area contributed by atoms with Crippen molar-refractivity contribution in [3.05, 3.63) is 29.3 Å². The van der Waals surface area contributed by atoms with Crippen molar-refractivity contribution in [2.45, 2.75) is 18.4 Å². The van der Waals surface area contributed by atoms with E-state index in [2.05, 4.69) is 0 Å². The van der Waals surface area contributed by atoms with E-state index < -0.39 is 10.1 Å². The zero-order valence-electron chi connectivity index (χ0n) is 7.11. The SMILES string of the molecule is Cc1ccc(S(=O)(=O)O)c(C[NH])c1. The molecule has 0 unspecified atom stereocenters. The van der Waals surface area contributed by atoms with Crippen LogP contribution in [-0.4, -0.2) is 13.0 Å². The van der Waals surface area contributed by atoms with Crippen molar-refractivity contribution >= 4 is 10.1 Å². The minimum atomic E-state index is -4.18. The number of hydrogen-bond donors (Lipinski definition) is 1. The van der Waals surface area contributed by atoms with Crippen LogP contribution in [0.4, 0.5) is 0 Å². The highest BCUT2D eigenvalue weighted by Crippen LogP contribution is 2.16. The summed E-state index contributed by atoms with van der Waals surface area (Å²) >= 11 is 0.